The summed E-state index contributed by atoms with van der Waals surface area (Å²) in [6.45, 7) is 8.73. The zero-order valence-electron chi connectivity index (χ0n) is 13.9. The fraction of sp³-hybridized carbons (Fsp3) is 0.875. The molecule has 2 amide bonds. The van der Waals surface area contributed by atoms with Gasteiger partial charge in [-0.2, -0.15) is 0 Å². The van der Waals surface area contributed by atoms with Crippen LogP contribution in [0, 0.1) is 0 Å². The number of hydrogen-bond donors (Lipinski definition) is 2. The molecule has 2 fully saturated rings. The maximum absolute atomic E-state index is 12.1. The fourth-order valence-electron chi connectivity index (χ4n) is 2.69. The molecule has 1 unspecified atom stereocenters. The molecule has 6 nitrogen and oxygen atoms in total. The molecule has 22 heavy (non-hydrogen) atoms. The molecule has 1 atom stereocenters. The third kappa shape index (κ3) is 5.57. The van der Waals surface area contributed by atoms with E-state index in [1.54, 1.807) is 0 Å². The third-order valence-corrected chi connectivity index (χ3v) is 4.48. The second-order valence-electron chi connectivity index (χ2n) is 6.47. The zero-order valence-corrected chi connectivity index (χ0v) is 13.9. The van der Waals surface area contributed by atoms with Crippen molar-refractivity contribution < 1.29 is 9.59 Å². The topological polar surface area (TPSA) is 64.7 Å². The van der Waals surface area contributed by atoms with Gasteiger partial charge in [-0.05, 0) is 26.2 Å². The number of hydrogen-bond acceptors (Lipinski definition) is 4. The Hall–Kier alpha value is -1.14. The van der Waals surface area contributed by atoms with E-state index < -0.39 is 0 Å². The Balaban J connectivity index is 1.64. The van der Waals surface area contributed by atoms with Crippen molar-refractivity contribution >= 4 is 11.8 Å². The van der Waals surface area contributed by atoms with E-state index in [1.165, 1.54) is 0 Å². The monoisotopic (exact) mass is 310 g/mol. The minimum Gasteiger partial charge on any atom is -0.355 e. The van der Waals surface area contributed by atoms with Crippen LogP contribution in [-0.2, 0) is 9.59 Å². The van der Waals surface area contributed by atoms with E-state index in [9.17, 15) is 9.59 Å². The predicted octanol–water partition coefficient (Wildman–Crippen LogP) is 0.187. The lowest BCUT2D eigenvalue weighted by atomic mass is 10.2. The summed E-state index contributed by atoms with van der Waals surface area (Å²) >= 11 is 0. The number of nitrogens with zero attached hydrogens (tertiary/aromatic N) is 2. The largest absolute Gasteiger partial charge is 0.355 e. The van der Waals surface area contributed by atoms with E-state index in [0.29, 0.717) is 12.6 Å². The summed E-state index contributed by atoms with van der Waals surface area (Å²) in [5.74, 6) is 0.259. The normalized spacial score (nSPS) is 21.4. The van der Waals surface area contributed by atoms with Crippen molar-refractivity contribution in [2.24, 2.45) is 0 Å². The van der Waals surface area contributed by atoms with Gasteiger partial charge in [0.15, 0.2) is 0 Å². The van der Waals surface area contributed by atoms with Gasteiger partial charge >= 0.3 is 0 Å². The lowest BCUT2D eigenvalue weighted by molar-refractivity contribution is -0.128. The van der Waals surface area contributed by atoms with Crippen molar-refractivity contribution in [3.8, 4) is 0 Å². The van der Waals surface area contributed by atoms with Crippen molar-refractivity contribution in [3.63, 3.8) is 0 Å². The predicted molar refractivity (Wildman–Crippen MR) is 86.6 cm³/mol. The Labute approximate surface area is 133 Å². The molecular formula is C16H30N4O2. The molecule has 1 saturated carbocycles. The molecule has 1 aliphatic heterocycles. The molecule has 0 spiro atoms. The number of nitrogens with one attached hydrogen (secondary N) is 2. The highest BCUT2D eigenvalue weighted by Crippen LogP contribution is 2.19. The van der Waals surface area contributed by atoms with Crippen LogP contribution in [0.3, 0.4) is 0 Å². The van der Waals surface area contributed by atoms with Crippen LogP contribution in [0.1, 0.15) is 39.5 Å². The number of unbranched alkanes of at least 4 members (excludes halogenated alkanes) is 1. The minimum atomic E-state index is -0.0684. The Morgan fingerprint density at radius 3 is 2.45 bits per heavy atom. The summed E-state index contributed by atoms with van der Waals surface area (Å²) in [4.78, 5) is 28.3. The summed E-state index contributed by atoms with van der Waals surface area (Å²) in [6.07, 6.45) is 4.38. The Bertz CT molecular complexity index is 376. The molecule has 6 heteroatoms. The molecule has 126 valence electrons. The fourth-order valence-corrected chi connectivity index (χ4v) is 2.69. The molecule has 1 saturated heterocycles. The van der Waals surface area contributed by atoms with Crippen LogP contribution < -0.4 is 10.6 Å². The van der Waals surface area contributed by atoms with Gasteiger partial charge in [-0.15, -0.1) is 0 Å². The van der Waals surface area contributed by atoms with Crippen molar-refractivity contribution in [1.82, 2.24) is 20.4 Å². The summed E-state index contributed by atoms with van der Waals surface area (Å²) in [5, 5.41) is 6.02. The molecule has 1 aliphatic carbocycles. The van der Waals surface area contributed by atoms with Gasteiger partial charge in [0, 0.05) is 38.8 Å². The van der Waals surface area contributed by atoms with Gasteiger partial charge in [0.25, 0.3) is 0 Å². The first kappa shape index (κ1) is 17.2. The summed E-state index contributed by atoms with van der Waals surface area (Å²) in [5.41, 5.74) is 0. The second kappa shape index (κ2) is 8.48. The van der Waals surface area contributed by atoms with Gasteiger partial charge < -0.3 is 10.6 Å². The first-order chi connectivity index (χ1) is 10.6. The van der Waals surface area contributed by atoms with Crippen LogP contribution in [0.4, 0.5) is 0 Å². The van der Waals surface area contributed by atoms with E-state index >= 15 is 0 Å². The lowest BCUT2D eigenvalue weighted by Crippen LogP contribution is -2.55. The Morgan fingerprint density at radius 2 is 1.86 bits per heavy atom. The lowest BCUT2D eigenvalue weighted by Gasteiger charge is -2.37. The Morgan fingerprint density at radius 1 is 1.18 bits per heavy atom. The van der Waals surface area contributed by atoms with Crippen molar-refractivity contribution in [3.05, 3.63) is 0 Å². The van der Waals surface area contributed by atoms with E-state index in [2.05, 4.69) is 27.4 Å². The molecule has 0 aromatic rings. The van der Waals surface area contributed by atoms with E-state index in [-0.39, 0.29) is 17.9 Å². The SMILES string of the molecule is CCCCNC(=O)CN1CCN(C(C)C(=O)NC2CC2)CC1. The third-order valence-electron chi connectivity index (χ3n) is 4.48. The summed E-state index contributed by atoms with van der Waals surface area (Å²) in [7, 11) is 0. The number of piperazine rings is 1. The molecule has 2 aliphatic rings. The van der Waals surface area contributed by atoms with Gasteiger partial charge in [0.05, 0.1) is 12.6 Å². The van der Waals surface area contributed by atoms with Gasteiger partial charge in [-0.1, -0.05) is 13.3 Å². The smallest absolute Gasteiger partial charge is 0.237 e. The highest BCUT2D eigenvalue weighted by molar-refractivity contribution is 5.82. The zero-order chi connectivity index (χ0) is 15.9. The van der Waals surface area contributed by atoms with Gasteiger partial charge in [-0.3, -0.25) is 19.4 Å². The molecule has 0 radical (unpaired) electrons. The van der Waals surface area contributed by atoms with Crippen LogP contribution in [0.15, 0.2) is 0 Å². The molecular weight excluding hydrogens is 280 g/mol. The molecule has 2 N–H and O–H groups in total. The molecule has 0 aromatic heterocycles. The van der Waals surface area contributed by atoms with Crippen LogP contribution in [0.2, 0.25) is 0 Å². The van der Waals surface area contributed by atoms with Crippen LogP contribution >= 0.6 is 0 Å². The average molecular weight is 310 g/mol. The minimum absolute atomic E-state index is 0.0684. The summed E-state index contributed by atoms with van der Waals surface area (Å²) < 4.78 is 0. The van der Waals surface area contributed by atoms with E-state index in [0.717, 1.165) is 58.4 Å². The number of amides is 2. The van der Waals surface area contributed by atoms with Gasteiger partial charge in [0.1, 0.15) is 0 Å². The number of rotatable bonds is 8. The first-order valence-corrected chi connectivity index (χ1v) is 8.63. The maximum atomic E-state index is 12.1. The average Bonchev–Trinajstić information content (AvgIpc) is 3.31. The van der Waals surface area contributed by atoms with Crippen molar-refractivity contribution in [2.75, 3.05) is 39.3 Å². The standard InChI is InChI=1S/C16H30N4O2/c1-3-4-7-17-15(21)12-19-8-10-20(11-9-19)13(2)16(22)18-14-5-6-14/h13-14H,3-12H2,1-2H3,(H,17,21)(H,18,22). The van der Waals surface area contributed by atoms with Crippen LogP contribution in [-0.4, -0.2) is 73.0 Å². The Kier molecular flexibility index (Phi) is 6.64. The number of carbonyl (C=O) groups is 2. The quantitative estimate of drug-likeness (QED) is 0.628. The van der Waals surface area contributed by atoms with Gasteiger partial charge in [-0.25, -0.2) is 0 Å². The van der Waals surface area contributed by atoms with Crippen LogP contribution in [0.5, 0.6) is 0 Å². The highest BCUT2D eigenvalue weighted by atomic mass is 16.2. The van der Waals surface area contributed by atoms with E-state index in [4.69, 9.17) is 0 Å². The summed E-state index contributed by atoms with van der Waals surface area (Å²) in [6, 6.07) is 0.351. The highest BCUT2D eigenvalue weighted by Gasteiger charge is 2.30. The molecule has 0 aromatic carbocycles. The van der Waals surface area contributed by atoms with Crippen molar-refractivity contribution in [2.45, 2.75) is 51.6 Å². The first-order valence-electron chi connectivity index (χ1n) is 8.63. The van der Waals surface area contributed by atoms with E-state index in [1.807, 2.05) is 6.92 Å². The molecule has 1 heterocycles. The number of carbonyl (C=O) groups excluding carboxylic acids is 2. The maximum Gasteiger partial charge on any atom is 0.237 e. The van der Waals surface area contributed by atoms with Crippen molar-refractivity contribution in [1.29, 1.82) is 0 Å². The van der Waals surface area contributed by atoms with Gasteiger partial charge in [0.2, 0.25) is 11.8 Å². The van der Waals surface area contributed by atoms with Crippen LogP contribution in [0.25, 0.3) is 0 Å². The molecule has 2 rings (SSSR count). The second-order valence-corrected chi connectivity index (χ2v) is 6.47. The molecule has 0 bridgehead atoms.